The fourth-order valence-corrected chi connectivity index (χ4v) is 4.94. The molecule has 1 heterocycles. The third kappa shape index (κ3) is 3.41. The number of hydrogen-bond acceptors (Lipinski definition) is 4. The molecule has 4 nitrogen and oxygen atoms in total. The maximum Gasteiger partial charge on any atom is 0.271 e. The summed E-state index contributed by atoms with van der Waals surface area (Å²) in [4.78, 5) is 0.885. The fourth-order valence-electron chi connectivity index (χ4n) is 1.82. The van der Waals surface area contributed by atoms with E-state index in [4.69, 9.17) is 5.73 Å². The molecule has 0 aliphatic carbocycles. The zero-order valence-electron chi connectivity index (χ0n) is 11.1. The van der Waals surface area contributed by atoms with Crippen LogP contribution in [-0.4, -0.2) is 8.42 Å². The van der Waals surface area contributed by atoms with Crippen LogP contribution in [0, 0.1) is 13.8 Å². The van der Waals surface area contributed by atoms with Crippen LogP contribution in [0.15, 0.2) is 32.9 Å². The normalized spacial score (nSPS) is 11.6. The van der Waals surface area contributed by atoms with Gasteiger partial charge in [-0.05, 0) is 49.2 Å². The zero-order chi connectivity index (χ0) is 14.9. The van der Waals surface area contributed by atoms with Crippen molar-refractivity contribution >= 4 is 43.0 Å². The Morgan fingerprint density at radius 3 is 2.50 bits per heavy atom. The summed E-state index contributed by atoms with van der Waals surface area (Å²) in [5, 5.41) is 0. The molecular formula is C13H15BrN2O2S2. The summed E-state index contributed by atoms with van der Waals surface area (Å²) >= 11 is 4.56. The van der Waals surface area contributed by atoms with E-state index < -0.39 is 10.0 Å². The minimum Gasteiger partial charge on any atom is -0.326 e. The number of nitrogens with two attached hydrogens (primary N) is 1. The van der Waals surface area contributed by atoms with Gasteiger partial charge in [0.15, 0.2) is 0 Å². The van der Waals surface area contributed by atoms with Gasteiger partial charge in [-0.3, -0.25) is 4.72 Å². The molecule has 3 N–H and O–H groups in total. The monoisotopic (exact) mass is 374 g/mol. The van der Waals surface area contributed by atoms with E-state index in [2.05, 4.69) is 20.7 Å². The van der Waals surface area contributed by atoms with Crippen molar-refractivity contribution < 1.29 is 8.42 Å². The number of sulfonamides is 1. The molecule has 0 saturated carbocycles. The Balaban J connectivity index is 2.35. The van der Waals surface area contributed by atoms with E-state index in [0.29, 0.717) is 12.2 Å². The predicted molar refractivity (Wildman–Crippen MR) is 86.6 cm³/mol. The Morgan fingerprint density at radius 2 is 1.95 bits per heavy atom. The van der Waals surface area contributed by atoms with E-state index in [-0.39, 0.29) is 4.21 Å². The van der Waals surface area contributed by atoms with Gasteiger partial charge in [0.05, 0.1) is 5.69 Å². The lowest BCUT2D eigenvalue weighted by Gasteiger charge is -2.07. The van der Waals surface area contributed by atoms with Crippen LogP contribution in [-0.2, 0) is 16.6 Å². The third-order valence-electron chi connectivity index (χ3n) is 2.74. The Labute approximate surface area is 131 Å². The number of halogens is 1. The van der Waals surface area contributed by atoms with Crippen molar-refractivity contribution in [3.8, 4) is 0 Å². The first-order valence-electron chi connectivity index (χ1n) is 5.91. The largest absolute Gasteiger partial charge is 0.326 e. The van der Waals surface area contributed by atoms with Crippen molar-refractivity contribution in [1.82, 2.24) is 0 Å². The van der Waals surface area contributed by atoms with Crippen molar-refractivity contribution in [3.05, 3.63) is 44.7 Å². The first-order valence-corrected chi connectivity index (χ1v) is 9.00. The Hall–Kier alpha value is -0.890. The van der Waals surface area contributed by atoms with Crippen LogP contribution in [0.3, 0.4) is 0 Å². The van der Waals surface area contributed by atoms with Crippen molar-refractivity contribution in [2.45, 2.75) is 24.6 Å². The maximum atomic E-state index is 12.3. The summed E-state index contributed by atoms with van der Waals surface area (Å²) in [6, 6.07) is 7.08. The van der Waals surface area contributed by atoms with Crippen LogP contribution in [0.4, 0.5) is 5.69 Å². The smallest absolute Gasteiger partial charge is 0.271 e. The highest BCUT2D eigenvalue weighted by Gasteiger charge is 2.18. The van der Waals surface area contributed by atoms with Gasteiger partial charge in [-0.1, -0.05) is 15.9 Å². The molecule has 0 spiro atoms. The third-order valence-corrected chi connectivity index (χ3v) is 6.31. The van der Waals surface area contributed by atoms with E-state index in [1.54, 1.807) is 18.2 Å². The summed E-state index contributed by atoms with van der Waals surface area (Å²) < 4.78 is 28.4. The molecule has 1 aromatic heterocycles. The number of thiophene rings is 1. The fraction of sp³-hybridized carbons (Fsp3) is 0.231. The Bertz CT molecular complexity index is 719. The summed E-state index contributed by atoms with van der Waals surface area (Å²) in [6.45, 7) is 4.12. The minimum atomic E-state index is -3.57. The lowest BCUT2D eigenvalue weighted by atomic mass is 10.2. The van der Waals surface area contributed by atoms with Crippen LogP contribution in [0.25, 0.3) is 0 Å². The molecule has 0 fully saturated rings. The molecule has 0 amide bonds. The molecule has 1 aromatic carbocycles. The molecule has 7 heteroatoms. The molecule has 0 saturated heterocycles. The van der Waals surface area contributed by atoms with Crippen LogP contribution in [0.5, 0.6) is 0 Å². The second kappa shape index (κ2) is 5.85. The van der Waals surface area contributed by atoms with E-state index in [9.17, 15) is 8.42 Å². The first kappa shape index (κ1) is 15.5. The van der Waals surface area contributed by atoms with Gasteiger partial charge in [-0.2, -0.15) is 0 Å². The molecule has 0 unspecified atom stereocenters. The van der Waals surface area contributed by atoms with Gasteiger partial charge in [0.25, 0.3) is 10.0 Å². The van der Waals surface area contributed by atoms with Gasteiger partial charge in [0.2, 0.25) is 0 Å². The summed E-state index contributed by atoms with van der Waals surface area (Å²) in [7, 11) is -3.57. The lowest BCUT2D eigenvalue weighted by molar-refractivity contribution is 0.603. The second-order valence-electron chi connectivity index (χ2n) is 4.50. The highest BCUT2D eigenvalue weighted by molar-refractivity contribution is 9.10. The number of anilines is 1. The number of hydrogen-bond donors (Lipinski definition) is 2. The van der Waals surface area contributed by atoms with Gasteiger partial charge >= 0.3 is 0 Å². The molecule has 0 atom stereocenters. The molecule has 0 aliphatic heterocycles. The number of rotatable bonds is 4. The molecular weight excluding hydrogens is 360 g/mol. The number of nitrogens with one attached hydrogen (secondary N) is 1. The first-order chi connectivity index (χ1) is 9.31. The maximum absolute atomic E-state index is 12.3. The number of aryl methyl sites for hydroxylation is 2. The molecule has 2 aromatic rings. The van der Waals surface area contributed by atoms with Crippen LogP contribution < -0.4 is 10.5 Å². The summed E-state index contributed by atoms with van der Waals surface area (Å²) in [5.41, 5.74) is 8.01. The van der Waals surface area contributed by atoms with Crippen molar-refractivity contribution in [2.24, 2.45) is 5.73 Å². The molecule has 20 heavy (non-hydrogen) atoms. The molecule has 0 bridgehead atoms. The molecule has 0 aliphatic rings. The van der Waals surface area contributed by atoms with Gasteiger partial charge < -0.3 is 5.73 Å². The molecule has 0 radical (unpaired) electrons. The van der Waals surface area contributed by atoms with E-state index in [1.807, 2.05) is 19.9 Å². The molecule has 2 rings (SSSR count). The summed E-state index contributed by atoms with van der Waals surface area (Å²) in [6.07, 6.45) is 0. The standard InChI is InChI=1S/C13H15BrN2O2S2/c1-8-3-10(14)6-11(4-8)16-20(17,18)13-5-9(2)12(7-15)19-13/h3-6,16H,7,15H2,1-2H3. The van der Waals surface area contributed by atoms with Crippen molar-refractivity contribution in [2.75, 3.05) is 4.72 Å². The van der Waals surface area contributed by atoms with Crippen molar-refractivity contribution in [1.29, 1.82) is 0 Å². The van der Waals surface area contributed by atoms with E-state index in [1.165, 1.54) is 11.3 Å². The molecule has 108 valence electrons. The predicted octanol–water partition coefficient (Wildman–Crippen LogP) is 3.39. The lowest BCUT2D eigenvalue weighted by Crippen LogP contribution is -2.11. The van der Waals surface area contributed by atoms with Crippen LogP contribution in [0.1, 0.15) is 16.0 Å². The average molecular weight is 375 g/mol. The quantitative estimate of drug-likeness (QED) is 0.861. The van der Waals surface area contributed by atoms with E-state index in [0.717, 1.165) is 20.5 Å². The van der Waals surface area contributed by atoms with Gasteiger partial charge in [-0.25, -0.2) is 8.42 Å². The van der Waals surface area contributed by atoms with Gasteiger partial charge in [0, 0.05) is 15.9 Å². The van der Waals surface area contributed by atoms with Crippen LogP contribution in [0.2, 0.25) is 0 Å². The minimum absolute atomic E-state index is 0.285. The SMILES string of the molecule is Cc1cc(Br)cc(NS(=O)(=O)c2cc(C)c(CN)s2)c1. The Kier molecular flexibility index (Phi) is 4.53. The van der Waals surface area contributed by atoms with Crippen LogP contribution >= 0.6 is 27.3 Å². The second-order valence-corrected chi connectivity index (χ2v) is 8.46. The van der Waals surface area contributed by atoms with Crippen molar-refractivity contribution in [3.63, 3.8) is 0 Å². The highest BCUT2D eigenvalue weighted by Crippen LogP contribution is 2.28. The van der Waals surface area contributed by atoms with Gasteiger partial charge in [0.1, 0.15) is 4.21 Å². The van der Waals surface area contributed by atoms with Gasteiger partial charge in [-0.15, -0.1) is 11.3 Å². The topological polar surface area (TPSA) is 72.2 Å². The zero-order valence-corrected chi connectivity index (χ0v) is 14.3. The number of benzene rings is 1. The highest BCUT2D eigenvalue weighted by atomic mass is 79.9. The Morgan fingerprint density at radius 1 is 1.25 bits per heavy atom. The van der Waals surface area contributed by atoms with E-state index >= 15 is 0 Å². The average Bonchev–Trinajstić information content (AvgIpc) is 2.69. The summed E-state index contributed by atoms with van der Waals surface area (Å²) in [5.74, 6) is 0.